The molecule has 0 bridgehead atoms. The summed E-state index contributed by atoms with van der Waals surface area (Å²) in [5.41, 5.74) is 8.56. The fourth-order valence-electron chi connectivity index (χ4n) is 2.11. The van der Waals surface area contributed by atoms with Crippen molar-refractivity contribution in [1.82, 2.24) is 4.90 Å². The fourth-order valence-corrected chi connectivity index (χ4v) is 3.71. The summed E-state index contributed by atoms with van der Waals surface area (Å²) in [5, 5.41) is 0. The molecule has 0 fully saturated rings. The summed E-state index contributed by atoms with van der Waals surface area (Å²) in [5.74, 6) is 0. The summed E-state index contributed by atoms with van der Waals surface area (Å²) in [6, 6.07) is 13.2. The molecule has 0 radical (unpaired) electrons. The first-order valence-corrected chi connectivity index (χ1v) is 7.92. The Kier molecular flexibility index (Phi) is 5.16. The molecule has 2 rings (SSSR count). The van der Waals surface area contributed by atoms with E-state index in [0.717, 1.165) is 10.3 Å². The van der Waals surface area contributed by atoms with E-state index in [9.17, 15) is 0 Å². The number of nitrogens with zero attached hydrogens (tertiary/aromatic N) is 1. The van der Waals surface area contributed by atoms with Gasteiger partial charge in [-0.3, -0.25) is 4.90 Å². The average Bonchev–Trinajstić information content (AvgIpc) is 2.80. The fraction of sp³-hybridized carbons (Fsp3) is 0.333. The van der Waals surface area contributed by atoms with Crippen LogP contribution in [0.15, 0.2) is 40.2 Å². The number of nitrogens with two attached hydrogens (primary N) is 1. The van der Waals surface area contributed by atoms with Crippen LogP contribution >= 0.6 is 27.3 Å². The zero-order valence-corrected chi connectivity index (χ0v) is 13.7. The quantitative estimate of drug-likeness (QED) is 0.894. The maximum Gasteiger partial charge on any atom is 0.0702 e. The van der Waals surface area contributed by atoms with Gasteiger partial charge >= 0.3 is 0 Å². The minimum Gasteiger partial charge on any atom is -0.329 e. The predicted octanol–water partition coefficient (Wildman–Crippen LogP) is 3.95. The Hall–Kier alpha value is -0.680. The molecule has 0 aliphatic carbocycles. The van der Waals surface area contributed by atoms with E-state index in [4.69, 9.17) is 5.73 Å². The third-order valence-corrected chi connectivity index (χ3v) is 4.96. The smallest absolute Gasteiger partial charge is 0.0702 e. The Morgan fingerprint density at radius 1 is 1.21 bits per heavy atom. The van der Waals surface area contributed by atoms with Crippen LogP contribution in [0.5, 0.6) is 0 Å². The van der Waals surface area contributed by atoms with Crippen LogP contribution in [0.1, 0.15) is 22.0 Å². The molecule has 2 N–H and O–H groups in total. The Morgan fingerprint density at radius 3 is 2.42 bits per heavy atom. The van der Waals surface area contributed by atoms with Crippen LogP contribution in [0.4, 0.5) is 0 Å². The molecule has 0 aliphatic rings. The molecule has 1 heterocycles. The van der Waals surface area contributed by atoms with Gasteiger partial charge in [0.05, 0.1) is 9.83 Å². The van der Waals surface area contributed by atoms with Gasteiger partial charge in [-0.25, -0.2) is 0 Å². The van der Waals surface area contributed by atoms with Crippen molar-refractivity contribution >= 4 is 27.3 Å². The predicted molar refractivity (Wildman–Crippen MR) is 86.5 cm³/mol. The third kappa shape index (κ3) is 3.89. The average molecular weight is 339 g/mol. The summed E-state index contributed by atoms with van der Waals surface area (Å²) in [6.07, 6.45) is 0. The highest BCUT2D eigenvalue weighted by atomic mass is 79.9. The zero-order chi connectivity index (χ0) is 13.8. The van der Waals surface area contributed by atoms with Gasteiger partial charge in [-0.15, -0.1) is 11.3 Å². The molecular formula is C15H19BrN2S. The van der Waals surface area contributed by atoms with Crippen LogP contribution in [0.25, 0.3) is 0 Å². The van der Waals surface area contributed by atoms with Crippen molar-refractivity contribution < 1.29 is 0 Å². The number of hydrogen-bond acceptors (Lipinski definition) is 3. The van der Waals surface area contributed by atoms with E-state index >= 15 is 0 Å². The van der Waals surface area contributed by atoms with Crippen LogP contribution in [0.3, 0.4) is 0 Å². The van der Waals surface area contributed by atoms with Crippen molar-refractivity contribution in [2.75, 3.05) is 13.6 Å². The van der Waals surface area contributed by atoms with Crippen LogP contribution in [-0.2, 0) is 6.54 Å². The Balaban J connectivity index is 2.08. The van der Waals surface area contributed by atoms with E-state index in [-0.39, 0.29) is 6.04 Å². The SMILES string of the molecule is Cc1ccc(CN(C)C(CN)c2ccc(Br)s2)cc1. The van der Waals surface area contributed by atoms with Crippen molar-refractivity contribution in [3.8, 4) is 0 Å². The van der Waals surface area contributed by atoms with Gasteiger partial charge in [-0.1, -0.05) is 29.8 Å². The monoisotopic (exact) mass is 338 g/mol. The standard InChI is InChI=1S/C15H19BrN2S/c1-11-3-5-12(6-4-11)10-18(2)13(9-17)14-7-8-15(16)19-14/h3-8,13H,9-10,17H2,1-2H3. The number of hydrogen-bond donors (Lipinski definition) is 1. The summed E-state index contributed by atoms with van der Waals surface area (Å²) in [4.78, 5) is 3.62. The largest absolute Gasteiger partial charge is 0.329 e. The minimum absolute atomic E-state index is 0.276. The van der Waals surface area contributed by atoms with Gasteiger partial charge in [-0.2, -0.15) is 0 Å². The Labute approximate surface area is 127 Å². The highest BCUT2D eigenvalue weighted by Crippen LogP contribution is 2.30. The number of rotatable bonds is 5. The lowest BCUT2D eigenvalue weighted by Crippen LogP contribution is -2.29. The van der Waals surface area contributed by atoms with Crippen molar-refractivity contribution in [2.45, 2.75) is 19.5 Å². The van der Waals surface area contributed by atoms with Crippen molar-refractivity contribution in [2.24, 2.45) is 5.73 Å². The second kappa shape index (κ2) is 6.66. The Bertz CT molecular complexity index is 521. The van der Waals surface area contributed by atoms with Crippen LogP contribution in [-0.4, -0.2) is 18.5 Å². The maximum atomic E-state index is 5.94. The minimum atomic E-state index is 0.276. The van der Waals surface area contributed by atoms with Gasteiger partial charge in [0.1, 0.15) is 0 Å². The lowest BCUT2D eigenvalue weighted by Gasteiger charge is -2.26. The summed E-state index contributed by atoms with van der Waals surface area (Å²) in [6.45, 7) is 3.66. The van der Waals surface area contributed by atoms with Gasteiger partial charge in [0.25, 0.3) is 0 Å². The maximum absolute atomic E-state index is 5.94. The first-order chi connectivity index (χ1) is 9.10. The van der Waals surface area contributed by atoms with Crippen LogP contribution in [0, 0.1) is 6.92 Å². The van der Waals surface area contributed by atoms with Crippen LogP contribution < -0.4 is 5.73 Å². The van der Waals surface area contributed by atoms with E-state index in [2.05, 4.69) is 71.2 Å². The van der Waals surface area contributed by atoms with E-state index in [1.165, 1.54) is 16.0 Å². The van der Waals surface area contributed by atoms with E-state index in [1.807, 2.05) is 0 Å². The molecule has 2 aromatic rings. The molecule has 0 saturated heterocycles. The first kappa shape index (κ1) is 14.7. The third-order valence-electron chi connectivity index (χ3n) is 3.23. The molecule has 1 unspecified atom stereocenters. The van der Waals surface area contributed by atoms with Gasteiger partial charge in [0.15, 0.2) is 0 Å². The van der Waals surface area contributed by atoms with Crippen molar-refractivity contribution in [1.29, 1.82) is 0 Å². The molecule has 0 aliphatic heterocycles. The van der Waals surface area contributed by atoms with E-state index in [0.29, 0.717) is 6.54 Å². The second-order valence-corrected chi connectivity index (χ2v) is 7.29. The molecule has 1 aromatic carbocycles. The topological polar surface area (TPSA) is 29.3 Å². The van der Waals surface area contributed by atoms with Gasteiger partial charge in [0, 0.05) is 18.0 Å². The van der Waals surface area contributed by atoms with E-state index < -0.39 is 0 Å². The molecule has 19 heavy (non-hydrogen) atoms. The molecule has 4 heteroatoms. The number of likely N-dealkylation sites (N-methyl/N-ethyl adjacent to an activating group) is 1. The zero-order valence-electron chi connectivity index (χ0n) is 11.3. The number of thiophene rings is 1. The van der Waals surface area contributed by atoms with Gasteiger partial charge < -0.3 is 5.73 Å². The molecule has 2 nitrogen and oxygen atoms in total. The number of benzene rings is 1. The molecule has 1 atom stereocenters. The summed E-state index contributed by atoms with van der Waals surface area (Å²) in [7, 11) is 2.13. The van der Waals surface area contributed by atoms with Crippen molar-refractivity contribution in [3.05, 3.63) is 56.2 Å². The molecule has 0 saturated carbocycles. The first-order valence-electron chi connectivity index (χ1n) is 6.31. The van der Waals surface area contributed by atoms with Crippen LogP contribution in [0.2, 0.25) is 0 Å². The molecule has 102 valence electrons. The molecule has 1 aromatic heterocycles. The number of halogens is 1. The highest BCUT2D eigenvalue weighted by Gasteiger charge is 2.17. The molecule has 0 spiro atoms. The van der Waals surface area contributed by atoms with Gasteiger partial charge in [0.2, 0.25) is 0 Å². The highest BCUT2D eigenvalue weighted by molar-refractivity contribution is 9.11. The lowest BCUT2D eigenvalue weighted by atomic mass is 10.1. The lowest BCUT2D eigenvalue weighted by molar-refractivity contribution is 0.245. The normalized spacial score (nSPS) is 12.9. The van der Waals surface area contributed by atoms with Crippen molar-refractivity contribution in [3.63, 3.8) is 0 Å². The van der Waals surface area contributed by atoms with Gasteiger partial charge in [-0.05, 0) is 47.6 Å². The molecule has 0 amide bonds. The number of aryl methyl sites for hydroxylation is 1. The molecular weight excluding hydrogens is 320 g/mol. The summed E-state index contributed by atoms with van der Waals surface area (Å²) < 4.78 is 1.16. The second-order valence-electron chi connectivity index (χ2n) is 4.79. The van der Waals surface area contributed by atoms with E-state index in [1.54, 1.807) is 11.3 Å². The summed E-state index contributed by atoms with van der Waals surface area (Å²) >= 11 is 5.27. The Morgan fingerprint density at radius 2 is 1.89 bits per heavy atom.